The molecular formula is C20H25NO3S. The van der Waals surface area contributed by atoms with E-state index in [0.29, 0.717) is 5.56 Å². The first-order valence-electron chi connectivity index (χ1n) is 8.29. The van der Waals surface area contributed by atoms with Crippen molar-refractivity contribution in [3.63, 3.8) is 0 Å². The van der Waals surface area contributed by atoms with Crippen LogP contribution in [0.25, 0.3) is 0 Å². The predicted octanol–water partition coefficient (Wildman–Crippen LogP) is 3.40. The smallest absolute Gasteiger partial charge is 0.235 e. The van der Waals surface area contributed by atoms with Gasteiger partial charge in [0.1, 0.15) is 5.75 Å². The highest BCUT2D eigenvalue weighted by atomic mass is 32.2. The zero-order valence-electron chi connectivity index (χ0n) is 15.2. The summed E-state index contributed by atoms with van der Waals surface area (Å²) >= 11 is 0. The summed E-state index contributed by atoms with van der Waals surface area (Å²) in [5.41, 5.74) is 5.00. The van der Waals surface area contributed by atoms with Gasteiger partial charge in [0.25, 0.3) is 0 Å². The van der Waals surface area contributed by atoms with Crippen molar-refractivity contribution in [2.24, 2.45) is 0 Å². The molecule has 1 unspecified atom stereocenters. The Hall–Kier alpha value is -2.14. The third-order valence-corrected chi connectivity index (χ3v) is 5.70. The molecule has 2 aromatic rings. The Morgan fingerprint density at radius 1 is 1.04 bits per heavy atom. The maximum Gasteiger partial charge on any atom is 0.235 e. The van der Waals surface area contributed by atoms with E-state index in [1.54, 1.807) is 6.07 Å². The summed E-state index contributed by atoms with van der Waals surface area (Å²) in [6, 6.07) is 13.1. The summed E-state index contributed by atoms with van der Waals surface area (Å²) < 4.78 is 24.6. The van der Waals surface area contributed by atoms with Gasteiger partial charge in [-0.2, -0.15) is 0 Å². The largest absolute Gasteiger partial charge is 0.349 e. The van der Waals surface area contributed by atoms with Crippen molar-refractivity contribution in [1.82, 2.24) is 5.32 Å². The molecule has 0 fully saturated rings. The monoisotopic (exact) mass is 359 g/mol. The average molecular weight is 359 g/mol. The fourth-order valence-corrected chi connectivity index (χ4v) is 3.98. The second-order valence-electron chi connectivity index (χ2n) is 6.65. The van der Waals surface area contributed by atoms with Gasteiger partial charge in [0, 0.05) is 0 Å². The van der Waals surface area contributed by atoms with Crippen LogP contribution in [-0.2, 0) is 20.4 Å². The summed E-state index contributed by atoms with van der Waals surface area (Å²) in [5, 5.41) is 2.78. The van der Waals surface area contributed by atoms with Crippen molar-refractivity contribution >= 4 is 15.7 Å². The lowest BCUT2D eigenvalue weighted by Gasteiger charge is -2.16. The second kappa shape index (κ2) is 7.83. The van der Waals surface area contributed by atoms with E-state index in [0.717, 1.165) is 16.7 Å². The van der Waals surface area contributed by atoms with Crippen LogP contribution in [0.4, 0.5) is 0 Å². The first kappa shape index (κ1) is 19.2. The molecule has 4 nitrogen and oxygen atoms in total. The number of aryl methyl sites for hydroxylation is 3. The fourth-order valence-electron chi connectivity index (χ4n) is 2.71. The Morgan fingerprint density at radius 2 is 1.76 bits per heavy atom. The van der Waals surface area contributed by atoms with Gasteiger partial charge in [-0.05, 0) is 49.9 Å². The summed E-state index contributed by atoms with van der Waals surface area (Å²) in [6.45, 7) is 7.81. The van der Waals surface area contributed by atoms with Crippen LogP contribution in [-0.4, -0.2) is 20.1 Å². The third-order valence-electron chi connectivity index (χ3n) is 4.23. The van der Waals surface area contributed by atoms with Gasteiger partial charge in [-0.1, -0.05) is 48.0 Å². The average Bonchev–Trinajstić information content (AvgIpc) is 2.48. The molecule has 0 aromatic heterocycles. The van der Waals surface area contributed by atoms with Gasteiger partial charge in [-0.25, -0.2) is 8.42 Å². The fraction of sp³-hybridized carbons (Fsp3) is 0.350. The molecule has 5 heteroatoms. The summed E-state index contributed by atoms with van der Waals surface area (Å²) in [6.07, 6.45) is 0. The molecule has 0 saturated carbocycles. The number of amides is 1. The standard InChI is InChI=1S/C20H25NO3S/c1-14-6-5-7-18(10-14)12-25(23,24)13-20(22)21-17(4)19-9-8-15(2)16(3)11-19/h5-11,17H,12-13H2,1-4H3,(H,21,22). The molecule has 2 rings (SSSR count). The van der Waals surface area contributed by atoms with Gasteiger partial charge < -0.3 is 5.32 Å². The van der Waals surface area contributed by atoms with Gasteiger partial charge >= 0.3 is 0 Å². The van der Waals surface area contributed by atoms with Crippen LogP contribution in [0.15, 0.2) is 42.5 Å². The molecule has 0 heterocycles. The van der Waals surface area contributed by atoms with Gasteiger partial charge in [0.05, 0.1) is 11.8 Å². The van der Waals surface area contributed by atoms with E-state index >= 15 is 0 Å². The van der Waals surface area contributed by atoms with Crippen molar-refractivity contribution < 1.29 is 13.2 Å². The highest BCUT2D eigenvalue weighted by molar-refractivity contribution is 7.91. The minimum atomic E-state index is -3.51. The van der Waals surface area contributed by atoms with Gasteiger partial charge in [-0.15, -0.1) is 0 Å². The predicted molar refractivity (Wildman–Crippen MR) is 101 cm³/mol. The number of benzene rings is 2. The minimum Gasteiger partial charge on any atom is -0.349 e. The minimum absolute atomic E-state index is 0.125. The van der Waals surface area contributed by atoms with Gasteiger partial charge in [0.15, 0.2) is 9.84 Å². The van der Waals surface area contributed by atoms with E-state index < -0.39 is 21.5 Å². The van der Waals surface area contributed by atoms with E-state index in [9.17, 15) is 13.2 Å². The van der Waals surface area contributed by atoms with Crippen LogP contribution in [0.3, 0.4) is 0 Å². The molecule has 0 bridgehead atoms. The Balaban J connectivity index is 1.99. The third kappa shape index (κ3) is 5.71. The zero-order chi connectivity index (χ0) is 18.6. The first-order chi connectivity index (χ1) is 11.7. The topological polar surface area (TPSA) is 63.2 Å². The number of nitrogens with one attached hydrogen (secondary N) is 1. The molecule has 1 N–H and O–H groups in total. The number of rotatable bonds is 6. The maximum absolute atomic E-state index is 12.3. The number of carbonyl (C=O) groups is 1. The summed E-state index contributed by atoms with van der Waals surface area (Å²) in [4.78, 5) is 12.2. The van der Waals surface area contributed by atoms with Crippen LogP contribution >= 0.6 is 0 Å². The summed E-state index contributed by atoms with van der Waals surface area (Å²) in [5.74, 6) is -1.10. The van der Waals surface area contributed by atoms with Crippen molar-refractivity contribution in [3.05, 3.63) is 70.3 Å². The van der Waals surface area contributed by atoms with E-state index in [2.05, 4.69) is 5.32 Å². The molecule has 1 atom stereocenters. The number of hydrogen-bond donors (Lipinski definition) is 1. The Labute approximate surface area is 150 Å². The van der Waals surface area contributed by atoms with Gasteiger partial charge in [-0.3, -0.25) is 4.79 Å². The van der Waals surface area contributed by atoms with Crippen molar-refractivity contribution in [1.29, 1.82) is 0 Å². The normalized spacial score (nSPS) is 12.6. The lowest BCUT2D eigenvalue weighted by Crippen LogP contribution is -2.32. The maximum atomic E-state index is 12.3. The Bertz CT molecular complexity index is 872. The Morgan fingerprint density at radius 3 is 2.40 bits per heavy atom. The SMILES string of the molecule is Cc1cccc(CS(=O)(=O)CC(=O)NC(C)c2ccc(C)c(C)c2)c1. The quantitative estimate of drug-likeness (QED) is 0.860. The molecule has 0 aliphatic rings. The molecule has 0 spiro atoms. The molecular weight excluding hydrogens is 334 g/mol. The van der Waals surface area contributed by atoms with Crippen LogP contribution in [0.1, 0.15) is 40.8 Å². The molecule has 1 amide bonds. The van der Waals surface area contributed by atoms with E-state index in [4.69, 9.17) is 0 Å². The molecule has 0 aliphatic heterocycles. The zero-order valence-corrected chi connectivity index (χ0v) is 16.0. The van der Waals surface area contributed by atoms with E-state index in [1.807, 2.05) is 64.1 Å². The number of sulfone groups is 1. The van der Waals surface area contributed by atoms with Crippen molar-refractivity contribution in [3.8, 4) is 0 Å². The second-order valence-corrected chi connectivity index (χ2v) is 8.72. The molecule has 2 aromatic carbocycles. The Kier molecular flexibility index (Phi) is 6.01. The van der Waals surface area contributed by atoms with Crippen LogP contribution in [0, 0.1) is 20.8 Å². The van der Waals surface area contributed by atoms with Crippen LogP contribution in [0.2, 0.25) is 0 Å². The van der Waals surface area contributed by atoms with Crippen LogP contribution in [0.5, 0.6) is 0 Å². The number of hydrogen-bond acceptors (Lipinski definition) is 3. The van der Waals surface area contributed by atoms with Crippen molar-refractivity contribution in [2.75, 3.05) is 5.75 Å². The molecule has 0 saturated heterocycles. The highest BCUT2D eigenvalue weighted by Crippen LogP contribution is 2.17. The molecule has 0 aliphatic carbocycles. The van der Waals surface area contributed by atoms with E-state index in [-0.39, 0.29) is 11.8 Å². The lowest BCUT2D eigenvalue weighted by atomic mass is 10.0. The van der Waals surface area contributed by atoms with E-state index in [1.165, 1.54) is 5.56 Å². The summed E-state index contributed by atoms with van der Waals surface area (Å²) in [7, 11) is -3.51. The molecule has 0 radical (unpaired) electrons. The lowest BCUT2D eigenvalue weighted by molar-refractivity contribution is -0.119. The first-order valence-corrected chi connectivity index (χ1v) is 10.1. The van der Waals surface area contributed by atoms with Gasteiger partial charge in [0.2, 0.25) is 5.91 Å². The van der Waals surface area contributed by atoms with Crippen molar-refractivity contribution in [2.45, 2.75) is 39.5 Å². The molecule has 134 valence electrons. The molecule has 25 heavy (non-hydrogen) atoms. The number of carbonyl (C=O) groups excluding carboxylic acids is 1. The van der Waals surface area contributed by atoms with Crippen LogP contribution < -0.4 is 5.32 Å². The highest BCUT2D eigenvalue weighted by Gasteiger charge is 2.19.